The van der Waals surface area contributed by atoms with Gasteiger partial charge in [-0.25, -0.2) is 0 Å². The molecule has 1 aromatic carbocycles. The summed E-state index contributed by atoms with van der Waals surface area (Å²) in [6, 6.07) is 10.1. The number of hydrogen-bond donors (Lipinski definition) is 0. The van der Waals surface area contributed by atoms with Gasteiger partial charge in [-0.2, -0.15) is 0 Å². The van der Waals surface area contributed by atoms with Gasteiger partial charge in [0.1, 0.15) is 0 Å². The molecule has 0 bridgehead atoms. The molecule has 1 aliphatic heterocycles. The average molecular weight is 312 g/mol. The van der Waals surface area contributed by atoms with Crippen LogP contribution in [0, 0.1) is 5.92 Å². The number of alkyl halides is 1. The first-order valence-corrected chi connectivity index (χ1v) is 7.40. The molecule has 0 N–H and O–H groups in total. The van der Waals surface area contributed by atoms with Crippen molar-refractivity contribution in [2.24, 2.45) is 5.92 Å². The van der Waals surface area contributed by atoms with Crippen molar-refractivity contribution >= 4 is 21.8 Å². The van der Waals surface area contributed by atoms with E-state index in [2.05, 4.69) is 28.1 Å². The molecule has 3 nitrogen and oxygen atoms in total. The summed E-state index contributed by atoms with van der Waals surface area (Å²) in [5.74, 6) is 0.267. The number of carbonyl (C=O) groups is 1. The van der Waals surface area contributed by atoms with Gasteiger partial charge in [0.25, 0.3) is 0 Å². The average Bonchev–Trinajstić information content (AvgIpc) is 2.92. The van der Waals surface area contributed by atoms with E-state index in [-0.39, 0.29) is 11.8 Å². The third kappa shape index (κ3) is 3.56. The summed E-state index contributed by atoms with van der Waals surface area (Å²) >= 11 is 3.42. The van der Waals surface area contributed by atoms with Gasteiger partial charge in [0.15, 0.2) is 0 Å². The molecule has 0 aromatic heterocycles. The number of hydrogen-bond acceptors (Lipinski definition) is 2. The molecule has 2 rings (SSSR count). The Hall–Kier alpha value is -0.870. The lowest BCUT2D eigenvalue weighted by Crippen LogP contribution is -2.37. The Bertz CT molecular complexity index is 377. The van der Waals surface area contributed by atoms with E-state index in [0.29, 0.717) is 19.8 Å². The molecule has 1 fully saturated rings. The van der Waals surface area contributed by atoms with E-state index in [0.717, 1.165) is 18.3 Å². The normalized spacial score (nSPS) is 18.8. The molecule has 18 heavy (non-hydrogen) atoms. The molecular formula is C14H18BrNO2. The van der Waals surface area contributed by atoms with Gasteiger partial charge in [-0.3, -0.25) is 4.79 Å². The third-order valence-electron chi connectivity index (χ3n) is 3.16. The Morgan fingerprint density at radius 3 is 2.78 bits per heavy atom. The van der Waals surface area contributed by atoms with Crippen LogP contribution in [-0.4, -0.2) is 35.9 Å². The first-order valence-electron chi connectivity index (χ1n) is 6.27. The van der Waals surface area contributed by atoms with Crippen molar-refractivity contribution in [1.29, 1.82) is 0 Å². The lowest BCUT2D eigenvalue weighted by Gasteiger charge is -2.24. The highest BCUT2D eigenvalue weighted by molar-refractivity contribution is 9.09. The largest absolute Gasteiger partial charge is 0.381 e. The van der Waals surface area contributed by atoms with Gasteiger partial charge in [-0.15, -0.1) is 0 Å². The van der Waals surface area contributed by atoms with E-state index in [1.807, 2.05) is 23.1 Å². The van der Waals surface area contributed by atoms with Crippen LogP contribution in [0.1, 0.15) is 12.0 Å². The van der Waals surface area contributed by atoms with Gasteiger partial charge in [0.2, 0.25) is 5.91 Å². The minimum Gasteiger partial charge on any atom is -0.381 e. The second kappa shape index (κ2) is 6.90. The number of carbonyl (C=O) groups excluding carboxylic acids is 1. The summed E-state index contributed by atoms with van der Waals surface area (Å²) in [4.78, 5) is 14.3. The first-order chi connectivity index (χ1) is 8.81. The highest BCUT2D eigenvalue weighted by Crippen LogP contribution is 2.17. The molecule has 1 atom stereocenters. The number of amides is 1. The summed E-state index contributed by atoms with van der Waals surface area (Å²) in [5.41, 5.74) is 1.17. The summed E-state index contributed by atoms with van der Waals surface area (Å²) < 4.78 is 5.30. The molecule has 0 aliphatic carbocycles. The zero-order valence-electron chi connectivity index (χ0n) is 10.3. The topological polar surface area (TPSA) is 29.5 Å². The van der Waals surface area contributed by atoms with Crippen LogP contribution in [0.4, 0.5) is 0 Å². The van der Waals surface area contributed by atoms with Crippen molar-refractivity contribution in [3.05, 3.63) is 35.9 Å². The summed E-state index contributed by atoms with van der Waals surface area (Å²) in [7, 11) is 0. The van der Waals surface area contributed by atoms with Crippen molar-refractivity contribution < 1.29 is 9.53 Å². The second-order valence-electron chi connectivity index (χ2n) is 4.49. The number of nitrogens with zero attached hydrogens (tertiary/aromatic N) is 1. The molecule has 1 aromatic rings. The van der Waals surface area contributed by atoms with Gasteiger partial charge in [-0.1, -0.05) is 46.3 Å². The second-order valence-corrected chi connectivity index (χ2v) is 5.29. The van der Waals surface area contributed by atoms with Gasteiger partial charge >= 0.3 is 0 Å². The Morgan fingerprint density at radius 2 is 2.17 bits per heavy atom. The van der Waals surface area contributed by atoms with Gasteiger partial charge in [-0.05, 0) is 12.0 Å². The Kier molecular flexibility index (Phi) is 5.20. The number of benzene rings is 1. The van der Waals surface area contributed by atoms with Gasteiger partial charge in [0, 0.05) is 25.0 Å². The Labute approximate surface area is 116 Å². The lowest BCUT2D eigenvalue weighted by molar-refractivity contribution is -0.135. The fraction of sp³-hybridized carbons (Fsp3) is 0.500. The third-order valence-corrected chi connectivity index (χ3v) is 3.52. The van der Waals surface area contributed by atoms with Crippen molar-refractivity contribution in [2.45, 2.75) is 13.0 Å². The fourth-order valence-electron chi connectivity index (χ4n) is 2.16. The SMILES string of the molecule is O=C(C1CCOC1)N(CCBr)Cc1ccccc1. The standard InChI is InChI=1S/C14H18BrNO2/c15-7-8-16(10-12-4-2-1-3-5-12)14(17)13-6-9-18-11-13/h1-5,13H,6-11H2. The highest BCUT2D eigenvalue weighted by Gasteiger charge is 2.27. The van der Waals surface area contributed by atoms with Crippen LogP contribution < -0.4 is 0 Å². The van der Waals surface area contributed by atoms with Crippen molar-refractivity contribution in [3.8, 4) is 0 Å². The molecule has 1 unspecified atom stereocenters. The quantitative estimate of drug-likeness (QED) is 0.782. The molecule has 0 radical (unpaired) electrons. The van der Waals surface area contributed by atoms with Crippen LogP contribution >= 0.6 is 15.9 Å². The molecule has 1 heterocycles. The van der Waals surface area contributed by atoms with Crippen molar-refractivity contribution in [2.75, 3.05) is 25.1 Å². The Balaban J connectivity index is 2.00. The maximum Gasteiger partial charge on any atom is 0.228 e. The molecular weight excluding hydrogens is 294 g/mol. The van der Waals surface area contributed by atoms with Crippen LogP contribution in [0.25, 0.3) is 0 Å². The molecule has 1 aliphatic rings. The smallest absolute Gasteiger partial charge is 0.228 e. The van der Waals surface area contributed by atoms with Crippen LogP contribution in [0.15, 0.2) is 30.3 Å². The first kappa shape index (κ1) is 13.6. The van der Waals surface area contributed by atoms with Crippen molar-refractivity contribution in [3.63, 3.8) is 0 Å². The van der Waals surface area contributed by atoms with Crippen LogP contribution in [-0.2, 0) is 16.1 Å². The van der Waals surface area contributed by atoms with Gasteiger partial charge < -0.3 is 9.64 Å². The molecule has 0 saturated carbocycles. The lowest BCUT2D eigenvalue weighted by atomic mass is 10.1. The summed E-state index contributed by atoms with van der Waals surface area (Å²) in [5, 5.41) is 0.805. The Morgan fingerprint density at radius 1 is 1.39 bits per heavy atom. The maximum absolute atomic E-state index is 12.4. The van der Waals surface area contributed by atoms with E-state index in [9.17, 15) is 4.79 Å². The maximum atomic E-state index is 12.4. The summed E-state index contributed by atoms with van der Waals surface area (Å²) in [6.45, 7) is 2.71. The minimum atomic E-state index is 0.0489. The predicted octanol–water partition coefficient (Wildman–Crippen LogP) is 2.45. The molecule has 0 spiro atoms. The monoisotopic (exact) mass is 311 g/mol. The zero-order chi connectivity index (χ0) is 12.8. The van der Waals surface area contributed by atoms with E-state index in [1.165, 1.54) is 5.56 Å². The van der Waals surface area contributed by atoms with E-state index in [1.54, 1.807) is 0 Å². The fourth-order valence-corrected chi connectivity index (χ4v) is 2.59. The van der Waals surface area contributed by atoms with Crippen LogP contribution in [0.3, 0.4) is 0 Å². The number of halogens is 1. The van der Waals surface area contributed by atoms with Crippen LogP contribution in [0.5, 0.6) is 0 Å². The molecule has 1 amide bonds. The minimum absolute atomic E-state index is 0.0489. The van der Waals surface area contributed by atoms with E-state index >= 15 is 0 Å². The predicted molar refractivity (Wildman–Crippen MR) is 74.6 cm³/mol. The van der Waals surface area contributed by atoms with Crippen LogP contribution in [0.2, 0.25) is 0 Å². The zero-order valence-corrected chi connectivity index (χ0v) is 11.9. The van der Waals surface area contributed by atoms with E-state index in [4.69, 9.17) is 4.74 Å². The number of ether oxygens (including phenoxy) is 1. The highest BCUT2D eigenvalue weighted by atomic mass is 79.9. The molecule has 98 valence electrons. The number of rotatable bonds is 5. The van der Waals surface area contributed by atoms with Gasteiger partial charge in [0.05, 0.1) is 12.5 Å². The molecule has 4 heteroatoms. The van der Waals surface area contributed by atoms with E-state index < -0.39 is 0 Å². The summed E-state index contributed by atoms with van der Waals surface area (Å²) in [6.07, 6.45) is 0.854. The molecule has 1 saturated heterocycles. The van der Waals surface area contributed by atoms with Crippen molar-refractivity contribution in [1.82, 2.24) is 4.90 Å².